The lowest BCUT2D eigenvalue weighted by molar-refractivity contribution is 0.102. The minimum Gasteiger partial charge on any atom is -0.494 e. The molecule has 0 unspecified atom stereocenters. The van der Waals surface area contributed by atoms with Crippen molar-refractivity contribution < 1.29 is 22.7 Å². The lowest BCUT2D eigenvalue weighted by atomic mass is 10.1. The highest BCUT2D eigenvalue weighted by atomic mass is 32.2. The summed E-state index contributed by atoms with van der Waals surface area (Å²) in [6.45, 7) is 4.24. The molecule has 0 aliphatic carbocycles. The number of benzene rings is 3. The van der Waals surface area contributed by atoms with Gasteiger partial charge in [-0.15, -0.1) is 0 Å². The van der Waals surface area contributed by atoms with Crippen LogP contribution in [0.1, 0.15) is 22.8 Å². The number of hydrogen-bond acceptors (Lipinski definition) is 5. The highest BCUT2D eigenvalue weighted by molar-refractivity contribution is 7.89. The minimum atomic E-state index is -3.66. The maximum absolute atomic E-state index is 13.0. The van der Waals surface area contributed by atoms with Gasteiger partial charge in [-0.2, -0.15) is 0 Å². The molecule has 0 aliphatic heterocycles. The number of amides is 1. The predicted octanol–water partition coefficient (Wildman–Crippen LogP) is 4.69. The molecule has 0 aromatic heterocycles. The van der Waals surface area contributed by atoms with Gasteiger partial charge in [0.2, 0.25) is 10.0 Å². The summed E-state index contributed by atoms with van der Waals surface area (Å²) in [5.41, 5.74) is 1.39. The van der Waals surface area contributed by atoms with Crippen LogP contribution in [0.3, 0.4) is 0 Å². The number of rotatable bonds is 8. The molecule has 0 atom stereocenters. The smallest absolute Gasteiger partial charge is 0.256 e. The highest BCUT2D eigenvalue weighted by Gasteiger charge is 2.21. The van der Waals surface area contributed by atoms with E-state index in [1.807, 2.05) is 6.92 Å². The van der Waals surface area contributed by atoms with Gasteiger partial charge in [0.1, 0.15) is 11.5 Å². The Labute approximate surface area is 188 Å². The van der Waals surface area contributed by atoms with Crippen LogP contribution < -0.4 is 14.8 Å². The van der Waals surface area contributed by atoms with E-state index in [2.05, 4.69) is 5.32 Å². The summed E-state index contributed by atoms with van der Waals surface area (Å²) < 4.78 is 37.4. The second kappa shape index (κ2) is 9.84. The predicted molar refractivity (Wildman–Crippen MR) is 124 cm³/mol. The van der Waals surface area contributed by atoms with Gasteiger partial charge < -0.3 is 14.8 Å². The van der Waals surface area contributed by atoms with E-state index < -0.39 is 15.9 Å². The summed E-state index contributed by atoms with van der Waals surface area (Å²) in [5, 5.41) is 2.83. The third-order valence-corrected chi connectivity index (χ3v) is 6.54. The van der Waals surface area contributed by atoms with E-state index in [1.165, 1.54) is 26.2 Å². The number of carbonyl (C=O) groups excluding carboxylic acids is 1. The molecule has 3 aromatic carbocycles. The van der Waals surface area contributed by atoms with Gasteiger partial charge in [-0.05, 0) is 67.9 Å². The number of ether oxygens (including phenoxy) is 2. The van der Waals surface area contributed by atoms with Crippen molar-refractivity contribution >= 4 is 21.6 Å². The van der Waals surface area contributed by atoms with Crippen molar-refractivity contribution in [2.24, 2.45) is 0 Å². The number of anilines is 1. The second-order valence-electron chi connectivity index (χ2n) is 7.22. The average molecular weight is 455 g/mol. The van der Waals surface area contributed by atoms with E-state index in [-0.39, 0.29) is 10.5 Å². The quantitative estimate of drug-likeness (QED) is 0.534. The first kappa shape index (κ1) is 23.3. The average Bonchev–Trinajstić information content (AvgIpc) is 2.76. The normalized spacial score (nSPS) is 11.3. The van der Waals surface area contributed by atoms with Crippen LogP contribution in [0, 0.1) is 6.92 Å². The zero-order valence-corrected chi connectivity index (χ0v) is 19.3. The number of aryl methyl sites for hydroxylation is 1. The summed E-state index contributed by atoms with van der Waals surface area (Å²) in [6.07, 6.45) is 0. The number of para-hydroxylation sites is 2. The summed E-state index contributed by atoms with van der Waals surface area (Å²) in [5.74, 6) is 1.36. The minimum absolute atomic E-state index is 0.0529. The number of sulfonamides is 1. The van der Waals surface area contributed by atoms with Crippen molar-refractivity contribution in [1.82, 2.24) is 4.31 Å². The van der Waals surface area contributed by atoms with Crippen molar-refractivity contribution in [3.8, 4) is 17.2 Å². The van der Waals surface area contributed by atoms with Crippen LogP contribution in [0.2, 0.25) is 0 Å². The molecule has 1 N–H and O–H groups in total. The summed E-state index contributed by atoms with van der Waals surface area (Å²) in [6, 6.07) is 18.7. The van der Waals surface area contributed by atoms with Crippen LogP contribution in [0.5, 0.6) is 17.2 Å². The van der Waals surface area contributed by atoms with Crippen LogP contribution in [0.25, 0.3) is 0 Å². The van der Waals surface area contributed by atoms with E-state index in [0.29, 0.717) is 29.4 Å². The van der Waals surface area contributed by atoms with E-state index in [1.54, 1.807) is 61.5 Å². The van der Waals surface area contributed by atoms with Crippen molar-refractivity contribution in [3.05, 3.63) is 77.9 Å². The summed E-state index contributed by atoms with van der Waals surface area (Å²) >= 11 is 0. The van der Waals surface area contributed by atoms with Crippen molar-refractivity contribution in [2.75, 3.05) is 26.0 Å². The maximum atomic E-state index is 13.0. The number of carbonyl (C=O) groups is 1. The molecule has 0 spiro atoms. The molecule has 0 saturated carbocycles. The topological polar surface area (TPSA) is 84.9 Å². The molecule has 32 heavy (non-hydrogen) atoms. The van der Waals surface area contributed by atoms with Gasteiger partial charge in [0.15, 0.2) is 5.75 Å². The van der Waals surface area contributed by atoms with Crippen molar-refractivity contribution in [2.45, 2.75) is 18.7 Å². The highest BCUT2D eigenvalue weighted by Crippen LogP contribution is 2.31. The molecule has 0 fully saturated rings. The Morgan fingerprint density at radius 2 is 1.62 bits per heavy atom. The lowest BCUT2D eigenvalue weighted by Crippen LogP contribution is -2.23. The van der Waals surface area contributed by atoms with E-state index in [4.69, 9.17) is 9.47 Å². The molecule has 8 heteroatoms. The largest absolute Gasteiger partial charge is 0.494 e. The molecule has 3 aromatic rings. The molecule has 0 aliphatic rings. The molecule has 168 valence electrons. The Morgan fingerprint density at radius 3 is 2.28 bits per heavy atom. The lowest BCUT2D eigenvalue weighted by Gasteiger charge is -2.15. The summed E-state index contributed by atoms with van der Waals surface area (Å²) in [4.78, 5) is 13.1. The molecule has 0 heterocycles. The first-order chi connectivity index (χ1) is 15.2. The molecule has 3 rings (SSSR count). The number of nitrogens with one attached hydrogen (secondary N) is 1. The van der Waals surface area contributed by atoms with Crippen LogP contribution in [-0.4, -0.2) is 39.3 Å². The maximum Gasteiger partial charge on any atom is 0.256 e. The SMILES string of the molecule is CCOc1ccc(Oc2ccccc2NC(=O)c2cc(S(=O)(=O)N(C)C)ccc2C)cc1. The first-order valence-corrected chi connectivity index (χ1v) is 11.5. The van der Waals surface area contributed by atoms with E-state index in [0.717, 1.165) is 10.1 Å². The van der Waals surface area contributed by atoms with Gasteiger partial charge in [0, 0.05) is 19.7 Å². The second-order valence-corrected chi connectivity index (χ2v) is 9.37. The zero-order valence-electron chi connectivity index (χ0n) is 18.5. The van der Waals surface area contributed by atoms with Gasteiger partial charge in [-0.25, -0.2) is 12.7 Å². The standard InChI is InChI=1S/C24H26N2O5S/c1-5-30-18-11-13-19(14-12-18)31-23-9-7-6-8-22(23)25-24(27)21-16-20(15-10-17(21)2)32(28,29)26(3)4/h6-16H,5H2,1-4H3,(H,25,27). The zero-order chi connectivity index (χ0) is 23.3. The first-order valence-electron chi connectivity index (χ1n) is 10.1. The number of nitrogens with zero attached hydrogens (tertiary/aromatic N) is 1. The Morgan fingerprint density at radius 1 is 0.969 bits per heavy atom. The Bertz CT molecular complexity index is 1210. The third-order valence-electron chi connectivity index (χ3n) is 4.73. The molecular formula is C24H26N2O5S. The fourth-order valence-corrected chi connectivity index (χ4v) is 3.89. The molecule has 0 radical (unpaired) electrons. The summed E-state index contributed by atoms with van der Waals surface area (Å²) in [7, 11) is -0.765. The van der Waals surface area contributed by atoms with Crippen LogP contribution in [0.4, 0.5) is 5.69 Å². The van der Waals surface area contributed by atoms with Gasteiger partial charge in [-0.1, -0.05) is 18.2 Å². The number of hydrogen-bond donors (Lipinski definition) is 1. The van der Waals surface area contributed by atoms with Crippen molar-refractivity contribution in [3.63, 3.8) is 0 Å². The molecule has 0 saturated heterocycles. The molecule has 1 amide bonds. The Balaban J connectivity index is 1.85. The molecule has 7 nitrogen and oxygen atoms in total. The van der Waals surface area contributed by atoms with Crippen LogP contribution in [0.15, 0.2) is 71.6 Å². The fraction of sp³-hybridized carbons (Fsp3) is 0.208. The van der Waals surface area contributed by atoms with Crippen LogP contribution in [-0.2, 0) is 10.0 Å². The molecular weight excluding hydrogens is 428 g/mol. The van der Waals surface area contributed by atoms with Crippen LogP contribution >= 0.6 is 0 Å². The third kappa shape index (κ3) is 5.27. The van der Waals surface area contributed by atoms with E-state index >= 15 is 0 Å². The fourth-order valence-electron chi connectivity index (χ4n) is 2.96. The van der Waals surface area contributed by atoms with E-state index in [9.17, 15) is 13.2 Å². The van der Waals surface area contributed by atoms with Gasteiger partial charge in [0.25, 0.3) is 5.91 Å². The van der Waals surface area contributed by atoms with Gasteiger partial charge in [-0.3, -0.25) is 4.79 Å². The molecule has 0 bridgehead atoms. The van der Waals surface area contributed by atoms with Gasteiger partial charge in [0.05, 0.1) is 17.2 Å². The van der Waals surface area contributed by atoms with Crippen molar-refractivity contribution in [1.29, 1.82) is 0 Å². The Kier molecular flexibility index (Phi) is 7.17. The Hall–Kier alpha value is -3.36. The van der Waals surface area contributed by atoms with Gasteiger partial charge >= 0.3 is 0 Å². The monoisotopic (exact) mass is 454 g/mol.